The predicted molar refractivity (Wildman–Crippen MR) is 60.2 cm³/mol. The zero-order chi connectivity index (χ0) is 12.1. The van der Waals surface area contributed by atoms with E-state index in [0.29, 0.717) is 13.0 Å². The molecule has 0 aliphatic heterocycles. The standard InChI is InChI=1S/C11H21N3O/c1-6-11(2,9-12)10(15)14(5)8-7-13(3)4/h6-8H2,1-5H3. The van der Waals surface area contributed by atoms with E-state index in [9.17, 15) is 4.79 Å². The van der Waals surface area contributed by atoms with Crippen LogP contribution in [0.25, 0.3) is 0 Å². The number of rotatable bonds is 5. The molecular weight excluding hydrogens is 190 g/mol. The fraction of sp³-hybridized carbons (Fsp3) is 0.818. The number of hydrogen-bond acceptors (Lipinski definition) is 3. The number of amides is 1. The minimum atomic E-state index is -0.874. The Morgan fingerprint density at radius 3 is 2.20 bits per heavy atom. The van der Waals surface area contributed by atoms with Gasteiger partial charge in [0.15, 0.2) is 0 Å². The summed E-state index contributed by atoms with van der Waals surface area (Å²) >= 11 is 0. The molecule has 0 aliphatic carbocycles. The molecule has 1 atom stereocenters. The van der Waals surface area contributed by atoms with Crippen LogP contribution in [0.3, 0.4) is 0 Å². The number of carbonyl (C=O) groups excluding carboxylic acids is 1. The summed E-state index contributed by atoms with van der Waals surface area (Å²) in [7, 11) is 5.67. The van der Waals surface area contributed by atoms with Gasteiger partial charge in [-0.2, -0.15) is 5.26 Å². The summed E-state index contributed by atoms with van der Waals surface area (Å²) in [6.07, 6.45) is 0.550. The molecular formula is C11H21N3O. The van der Waals surface area contributed by atoms with Gasteiger partial charge in [0.25, 0.3) is 0 Å². The third kappa shape index (κ3) is 3.88. The van der Waals surface area contributed by atoms with Crippen molar-refractivity contribution < 1.29 is 4.79 Å². The second-order valence-corrected chi connectivity index (χ2v) is 4.33. The number of nitrogens with zero attached hydrogens (tertiary/aromatic N) is 3. The minimum absolute atomic E-state index is 0.0886. The maximum atomic E-state index is 11.9. The maximum absolute atomic E-state index is 11.9. The number of carbonyl (C=O) groups is 1. The van der Waals surface area contributed by atoms with Gasteiger partial charge in [-0.15, -0.1) is 0 Å². The monoisotopic (exact) mass is 211 g/mol. The molecule has 0 bridgehead atoms. The van der Waals surface area contributed by atoms with E-state index in [1.165, 1.54) is 0 Å². The quantitative estimate of drug-likeness (QED) is 0.680. The van der Waals surface area contributed by atoms with Crippen molar-refractivity contribution in [2.24, 2.45) is 5.41 Å². The molecule has 0 aromatic rings. The van der Waals surface area contributed by atoms with E-state index in [0.717, 1.165) is 6.54 Å². The van der Waals surface area contributed by atoms with E-state index in [2.05, 4.69) is 6.07 Å². The van der Waals surface area contributed by atoms with Crippen molar-refractivity contribution in [2.75, 3.05) is 34.2 Å². The lowest BCUT2D eigenvalue weighted by molar-refractivity contribution is -0.137. The van der Waals surface area contributed by atoms with E-state index in [4.69, 9.17) is 5.26 Å². The fourth-order valence-corrected chi connectivity index (χ4v) is 1.15. The van der Waals surface area contributed by atoms with Crippen molar-refractivity contribution in [3.05, 3.63) is 0 Å². The molecule has 0 aromatic carbocycles. The van der Waals surface area contributed by atoms with Gasteiger partial charge in [-0.05, 0) is 27.4 Å². The number of hydrogen-bond donors (Lipinski definition) is 0. The largest absolute Gasteiger partial charge is 0.343 e. The summed E-state index contributed by atoms with van der Waals surface area (Å²) < 4.78 is 0. The van der Waals surface area contributed by atoms with Crippen molar-refractivity contribution in [1.29, 1.82) is 5.26 Å². The molecule has 4 nitrogen and oxygen atoms in total. The van der Waals surface area contributed by atoms with Gasteiger partial charge < -0.3 is 9.80 Å². The third-order valence-electron chi connectivity index (χ3n) is 2.66. The van der Waals surface area contributed by atoms with E-state index < -0.39 is 5.41 Å². The van der Waals surface area contributed by atoms with Crippen molar-refractivity contribution >= 4 is 5.91 Å². The van der Waals surface area contributed by atoms with Crippen LogP contribution in [-0.4, -0.2) is 49.9 Å². The Balaban J connectivity index is 4.38. The lowest BCUT2D eigenvalue weighted by Gasteiger charge is -2.27. The normalized spacial score (nSPS) is 14.5. The number of nitriles is 1. The van der Waals surface area contributed by atoms with Gasteiger partial charge in [0.2, 0.25) is 5.91 Å². The van der Waals surface area contributed by atoms with Gasteiger partial charge in [-0.25, -0.2) is 0 Å². The predicted octanol–water partition coefficient (Wildman–Crippen LogP) is 0.946. The van der Waals surface area contributed by atoms with Crippen LogP contribution >= 0.6 is 0 Å². The Bertz CT molecular complexity index is 257. The molecule has 1 amide bonds. The second-order valence-electron chi connectivity index (χ2n) is 4.33. The Hall–Kier alpha value is -1.08. The molecule has 0 fully saturated rings. The van der Waals surface area contributed by atoms with Gasteiger partial charge in [-0.1, -0.05) is 6.92 Å². The van der Waals surface area contributed by atoms with E-state index in [1.54, 1.807) is 18.9 Å². The molecule has 0 aromatic heterocycles. The van der Waals surface area contributed by atoms with Crippen LogP contribution in [-0.2, 0) is 4.79 Å². The summed E-state index contributed by atoms with van der Waals surface area (Å²) in [4.78, 5) is 15.6. The van der Waals surface area contributed by atoms with Crippen molar-refractivity contribution in [2.45, 2.75) is 20.3 Å². The highest BCUT2D eigenvalue weighted by Crippen LogP contribution is 2.22. The summed E-state index contributed by atoms with van der Waals surface area (Å²) in [5, 5.41) is 8.97. The Kier molecular flexibility index (Phi) is 5.31. The summed E-state index contributed by atoms with van der Waals surface area (Å²) in [5.41, 5.74) is -0.874. The van der Waals surface area contributed by atoms with Gasteiger partial charge >= 0.3 is 0 Å². The molecule has 0 saturated heterocycles. The highest BCUT2D eigenvalue weighted by molar-refractivity contribution is 5.84. The minimum Gasteiger partial charge on any atom is -0.343 e. The van der Waals surface area contributed by atoms with Gasteiger partial charge in [0.05, 0.1) is 6.07 Å². The molecule has 0 saturated carbocycles. The van der Waals surface area contributed by atoms with Gasteiger partial charge in [0.1, 0.15) is 5.41 Å². The maximum Gasteiger partial charge on any atom is 0.242 e. The average Bonchev–Trinajstić information content (AvgIpc) is 2.23. The first-order valence-electron chi connectivity index (χ1n) is 5.19. The molecule has 15 heavy (non-hydrogen) atoms. The third-order valence-corrected chi connectivity index (χ3v) is 2.66. The van der Waals surface area contributed by atoms with Crippen LogP contribution in [0.2, 0.25) is 0 Å². The van der Waals surface area contributed by atoms with Crippen LogP contribution in [0, 0.1) is 16.7 Å². The molecule has 4 heteroatoms. The summed E-state index contributed by atoms with van der Waals surface area (Å²) in [6, 6.07) is 2.09. The van der Waals surface area contributed by atoms with Crippen LogP contribution in [0.15, 0.2) is 0 Å². The Morgan fingerprint density at radius 2 is 1.87 bits per heavy atom. The molecule has 1 unspecified atom stereocenters. The highest BCUT2D eigenvalue weighted by atomic mass is 16.2. The van der Waals surface area contributed by atoms with Gasteiger partial charge in [0, 0.05) is 20.1 Å². The van der Waals surface area contributed by atoms with Crippen molar-refractivity contribution in [3.8, 4) is 6.07 Å². The topological polar surface area (TPSA) is 47.3 Å². The second kappa shape index (κ2) is 5.72. The first-order valence-corrected chi connectivity index (χ1v) is 5.19. The molecule has 0 heterocycles. The first kappa shape index (κ1) is 13.9. The van der Waals surface area contributed by atoms with E-state index >= 15 is 0 Å². The van der Waals surface area contributed by atoms with E-state index in [-0.39, 0.29) is 5.91 Å². The van der Waals surface area contributed by atoms with Crippen LogP contribution < -0.4 is 0 Å². The average molecular weight is 211 g/mol. The lowest BCUT2D eigenvalue weighted by Crippen LogP contribution is -2.41. The molecule has 0 aliphatic rings. The molecule has 0 rings (SSSR count). The Labute approximate surface area is 92.5 Å². The Morgan fingerprint density at radius 1 is 1.33 bits per heavy atom. The fourth-order valence-electron chi connectivity index (χ4n) is 1.15. The van der Waals surface area contributed by atoms with Crippen LogP contribution in [0.4, 0.5) is 0 Å². The lowest BCUT2D eigenvalue weighted by atomic mass is 9.88. The smallest absolute Gasteiger partial charge is 0.242 e. The highest BCUT2D eigenvalue weighted by Gasteiger charge is 2.33. The SMILES string of the molecule is CCC(C)(C#N)C(=O)N(C)CCN(C)C. The van der Waals surface area contributed by atoms with E-state index in [1.807, 2.05) is 25.9 Å². The van der Waals surface area contributed by atoms with Crippen LogP contribution in [0.1, 0.15) is 20.3 Å². The van der Waals surface area contributed by atoms with Crippen LogP contribution in [0.5, 0.6) is 0 Å². The van der Waals surface area contributed by atoms with Gasteiger partial charge in [-0.3, -0.25) is 4.79 Å². The van der Waals surface area contributed by atoms with Crippen molar-refractivity contribution in [1.82, 2.24) is 9.80 Å². The zero-order valence-corrected chi connectivity index (χ0v) is 10.4. The molecule has 0 spiro atoms. The molecule has 0 N–H and O–H groups in total. The zero-order valence-electron chi connectivity index (χ0n) is 10.4. The van der Waals surface area contributed by atoms with Crippen molar-refractivity contribution in [3.63, 3.8) is 0 Å². The summed E-state index contributed by atoms with van der Waals surface area (Å²) in [5.74, 6) is -0.0886. The molecule has 0 radical (unpaired) electrons. The first-order chi connectivity index (χ1) is 6.87. The summed E-state index contributed by atoms with van der Waals surface area (Å²) in [6.45, 7) is 5.03. The number of likely N-dealkylation sites (N-methyl/N-ethyl adjacent to an activating group) is 2. The molecule has 86 valence electrons.